The molecular formula is C19H14BrN5O2S. The number of carbonyl (C=O) groups is 1. The Morgan fingerprint density at radius 2 is 1.93 bits per heavy atom. The van der Waals surface area contributed by atoms with E-state index in [1.165, 1.54) is 22.4 Å². The van der Waals surface area contributed by atoms with Crippen LogP contribution in [0.3, 0.4) is 0 Å². The average molecular weight is 456 g/mol. The number of hydrogen-bond acceptors (Lipinski definition) is 7. The zero-order valence-corrected chi connectivity index (χ0v) is 17.1. The molecule has 1 aromatic heterocycles. The molecule has 4 rings (SSSR count). The second-order valence-corrected chi connectivity index (χ2v) is 7.77. The van der Waals surface area contributed by atoms with Gasteiger partial charge in [0.25, 0.3) is 5.91 Å². The van der Waals surface area contributed by atoms with Crippen molar-refractivity contribution in [1.82, 2.24) is 4.98 Å². The van der Waals surface area contributed by atoms with Gasteiger partial charge < -0.3 is 5.11 Å². The van der Waals surface area contributed by atoms with Gasteiger partial charge in [0.2, 0.25) is 5.13 Å². The molecule has 140 valence electrons. The summed E-state index contributed by atoms with van der Waals surface area (Å²) >= 11 is 4.74. The lowest BCUT2D eigenvalue weighted by Crippen LogP contribution is -2.29. The van der Waals surface area contributed by atoms with Crippen LogP contribution < -0.4 is 5.01 Å². The Morgan fingerprint density at radius 1 is 1.18 bits per heavy atom. The summed E-state index contributed by atoms with van der Waals surface area (Å²) in [7, 11) is 0. The molecule has 3 aromatic rings. The van der Waals surface area contributed by atoms with E-state index in [4.69, 9.17) is 0 Å². The topological polar surface area (TPSA) is 90.5 Å². The van der Waals surface area contributed by atoms with Gasteiger partial charge in [-0.3, -0.25) is 4.79 Å². The number of aromatic nitrogens is 1. The maximum absolute atomic E-state index is 12.8. The maximum Gasteiger partial charge on any atom is 0.282 e. The average Bonchev–Trinajstić information content (AvgIpc) is 3.27. The first-order valence-electron chi connectivity index (χ1n) is 8.32. The molecule has 0 bridgehead atoms. The number of aromatic hydroxyl groups is 1. The number of benzene rings is 2. The highest BCUT2D eigenvalue weighted by Gasteiger charge is 2.36. The highest BCUT2D eigenvalue weighted by Crippen LogP contribution is 2.32. The van der Waals surface area contributed by atoms with Crippen molar-refractivity contribution >= 4 is 49.7 Å². The summed E-state index contributed by atoms with van der Waals surface area (Å²) in [6.45, 7) is 1.72. The molecule has 1 aliphatic rings. The smallest absolute Gasteiger partial charge is 0.282 e. The van der Waals surface area contributed by atoms with Gasteiger partial charge >= 0.3 is 0 Å². The lowest BCUT2D eigenvalue weighted by atomic mass is 10.2. The predicted octanol–water partition coefficient (Wildman–Crippen LogP) is 5.15. The number of phenols is 1. The molecule has 1 aliphatic heterocycles. The molecule has 7 nitrogen and oxygen atoms in total. The first-order chi connectivity index (χ1) is 13.5. The van der Waals surface area contributed by atoms with Gasteiger partial charge in [-0.2, -0.15) is 20.3 Å². The van der Waals surface area contributed by atoms with E-state index in [2.05, 4.69) is 36.2 Å². The molecule has 0 fully saturated rings. The second-order valence-electron chi connectivity index (χ2n) is 6.02. The van der Waals surface area contributed by atoms with E-state index in [0.29, 0.717) is 16.5 Å². The van der Waals surface area contributed by atoms with E-state index in [9.17, 15) is 9.90 Å². The Kier molecular flexibility index (Phi) is 5.01. The first-order valence-corrected chi connectivity index (χ1v) is 9.99. The van der Waals surface area contributed by atoms with Gasteiger partial charge in [0.15, 0.2) is 6.04 Å². The van der Waals surface area contributed by atoms with Crippen molar-refractivity contribution in [2.75, 3.05) is 5.01 Å². The molecule has 9 heteroatoms. The Labute approximate surface area is 173 Å². The molecule has 0 aliphatic carbocycles. The van der Waals surface area contributed by atoms with Crippen LogP contribution in [0, 0.1) is 0 Å². The molecule has 0 unspecified atom stereocenters. The Hall–Kier alpha value is -2.91. The van der Waals surface area contributed by atoms with Crippen molar-refractivity contribution in [3.63, 3.8) is 0 Å². The zero-order valence-electron chi connectivity index (χ0n) is 14.7. The Morgan fingerprint density at radius 3 is 2.68 bits per heavy atom. The highest BCUT2D eigenvalue weighted by atomic mass is 79.9. The van der Waals surface area contributed by atoms with E-state index in [0.717, 1.165) is 15.7 Å². The minimum atomic E-state index is -0.834. The zero-order chi connectivity index (χ0) is 19.7. The number of thiazole rings is 1. The molecule has 0 radical (unpaired) electrons. The molecule has 1 amide bonds. The summed E-state index contributed by atoms with van der Waals surface area (Å²) in [4.78, 5) is 17.3. The van der Waals surface area contributed by atoms with Crippen molar-refractivity contribution in [3.8, 4) is 17.0 Å². The minimum Gasteiger partial charge on any atom is -0.506 e. The van der Waals surface area contributed by atoms with E-state index < -0.39 is 6.04 Å². The van der Waals surface area contributed by atoms with Gasteiger partial charge in [-0.25, -0.2) is 4.98 Å². The van der Waals surface area contributed by atoms with Crippen molar-refractivity contribution in [1.29, 1.82) is 0 Å². The van der Waals surface area contributed by atoms with E-state index in [-0.39, 0.29) is 11.7 Å². The number of anilines is 1. The van der Waals surface area contributed by atoms with Crippen LogP contribution in [0.4, 0.5) is 10.8 Å². The lowest BCUT2D eigenvalue weighted by molar-refractivity contribution is -0.117. The molecule has 0 saturated carbocycles. The summed E-state index contributed by atoms with van der Waals surface area (Å²) in [5.74, 6) is -0.324. The van der Waals surface area contributed by atoms with Crippen LogP contribution >= 0.6 is 27.3 Å². The van der Waals surface area contributed by atoms with Gasteiger partial charge in [-0.1, -0.05) is 40.2 Å². The fourth-order valence-electron chi connectivity index (χ4n) is 2.61. The normalized spacial score (nSPS) is 16.8. The molecule has 2 aromatic carbocycles. The fourth-order valence-corrected chi connectivity index (χ4v) is 3.66. The molecule has 1 atom stereocenters. The van der Waals surface area contributed by atoms with E-state index in [1.54, 1.807) is 25.1 Å². The highest BCUT2D eigenvalue weighted by molar-refractivity contribution is 9.10. The first kappa shape index (κ1) is 18.5. The molecule has 28 heavy (non-hydrogen) atoms. The molecule has 0 saturated heterocycles. The number of halogens is 1. The summed E-state index contributed by atoms with van der Waals surface area (Å²) in [6.07, 6.45) is 0. The third-order valence-corrected chi connectivity index (χ3v) is 5.42. The monoisotopic (exact) mass is 455 g/mol. The maximum atomic E-state index is 12.8. The number of para-hydroxylation sites is 1. The van der Waals surface area contributed by atoms with Gasteiger partial charge in [0.1, 0.15) is 11.4 Å². The Bertz CT molecular complexity index is 1090. The molecule has 1 N–H and O–H groups in total. The number of amides is 1. The predicted molar refractivity (Wildman–Crippen MR) is 112 cm³/mol. The summed E-state index contributed by atoms with van der Waals surface area (Å²) in [5.41, 5.74) is 2.54. The quantitative estimate of drug-likeness (QED) is 0.551. The Balaban J connectivity index is 1.55. The van der Waals surface area contributed by atoms with Crippen molar-refractivity contribution < 1.29 is 9.90 Å². The number of phenolic OH excluding ortho intramolecular Hbond substituents is 1. The largest absolute Gasteiger partial charge is 0.506 e. The number of rotatable bonds is 4. The standard InChI is InChI=1S/C19H14BrN5O2S/c1-11-17(23-22-14-4-2-3-5-16(14)26)18(27)25(24-11)19-21-15(10-28-19)12-6-8-13(20)9-7-12/h2-10,17,26H,1H3/t17-/m0/s1. The van der Waals surface area contributed by atoms with Crippen molar-refractivity contribution in [2.24, 2.45) is 15.3 Å². The fraction of sp³-hybridized carbons (Fsp3) is 0.105. The van der Waals surface area contributed by atoms with Crippen LogP contribution in [0.15, 0.2) is 73.7 Å². The number of azo groups is 1. The van der Waals surface area contributed by atoms with Gasteiger partial charge in [0, 0.05) is 15.4 Å². The van der Waals surface area contributed by atoms with E-state index >= 15 is 0 Å². The van der Waals surface area contributed by atoms with Gasteiger partial charge in [-0.15, -0.1) is 11.3 Å². The second kappa shape index (κ2) is 7.61. The third-order valence-electron chi connectivity index (χ3n) is 4.07. The van der Waals surface area contributed by atoms with Crippen LogP contribution in [0.25, 0.3) is 11.3 Å². The van der Waals surface area contributed by atoms with Crippen molar-refractivity contribution in [3.05, 3.63) is 58.4 Å². The summed E-state index contributed by atoms with van der Waals surface area (Å²) in [6, 6.07) is 13.5. The van der Waals surface area contributed by atoms with E-state index in [1.807, 2.05) is 29.6 Å². The SMILES string of the molecule is CC1=NN(c2nc(-c3ccc(Br)cc3)cs2)C(=O)[C@H]1N=Nc1ccccc1O. The van der Waals surface area contributed by atoms with Gasteiger partial charge in [0.05, 0.1) is 11.4 Å². The molecule has 2 heterocycles. The van der Waals surface area contributed by atoms with Crippen LogP contribution in [-0.4, -0.2) is 27.8 Å². The number of hydrazone groups is 1. The number of nitrogens with zero attached hydrogens (tertiary/aromatic N) is 5. The number of carbonyl (C=O) groups excluding carboxylic acids is 1. The van der Waals surface area contributed by atoms with Gasteiger partial charge in [-0.05, 0) is 31.2 Å². The summed E-state index contributed by atoms with van der Waals surface area (Å²) < 4.78 is 0.985. The summed E-state index contributed by atoms with van der Waals surface area (Å²) in [5, 5.41) is 25.8. The lowest BCUT2D eigenvalue weighted by Gasteiger charge is -2.08. The number of hydrogen-bond donors (Lipinski definition) is 1. The van der Waals surface area contributed by atoms with Crippen LogP contribution in [0.1, 0.15) is 6.92 Å². The van der Waals surface area contributed by atoms with Crippen LogP contribution in [-0.2, 0) is 4.79 Å². The minimum absolute atomic E-state index is 0.00204. The molecular weight excluding hydrogens is 442 g/mol. The van der Waals surface area contributed by atoms with Crippen molar-refractivity contribution in [2.45, 2.75) is 13.0 Å². The van der Waals surface area contributed by atoms with Crippen LogP contribution in [0.5, 0.6) is 5.75 Å². The van der Waals surface area contributed by atoms with Crippen LogP contribution in [0.2, 0.25) is 0 Å². The third kappa shape index (κ3) is 3.58. The molecule has 0 spiro atoms.